The molecular weight excluding hydrogens is 238 g/mol. The fourth-order valence-electron chi connectivity index (χ4n) is 2.39. The van der Waals surface area contributed by atoms with E-state index in [0.717, 1.165) is 36.8 Å². The highest BCUT2D eigenvalue weighted by molar-refractivity contribution is 5.57. The minimum atomic E-state index is 0.205. The summed E-state index contributed by atoms with van der Waals surface area (Å²) < 4.78 is 7.95. The van der Waals surface area contributed by atoms with Crippen molar-refractivity contribution in [2.24, 2.45) is 0 Å². The van der Waals surface area contributed by atoms with Gasteiger partial charge in [0, 0.05) is 25.2 Å². The van der Waals surface area contributed by atoms with E-state index in [1.165, 1.54) is 5.69 Å². The van der Waals surface area contributed by atoms with Crippen molar-refractivity contribution in [1.29, 1.82) is 0 Å². The molecule has 2 aromatic rings. The predicted molar refractivity (Wildman–Crippen MR) is 75.1 cm³/mol. The topological polar surface area (TPSA) is 39.1 Å². The van der Waals surface area contributed by atoms with Gasteiger partial charge in [-0.05, 0) is 38.1 Å². The van der Waals surface area contributed by atoms with E-state index in [1.807, 2.05) is 32.2 Å². The molecule has 1 aromatic carbocycles. The fraction of sp³-hybridized carbons (Fsp3) is 0.400. The van der Waals surface area contributed by atoms with Crippen LogP contribution < -0.4 is 10.1 Å². The Morgan fingerprint density at radius 1 is 1.26 bits per heavy atom. The van der Waals surface area contributed by atoms with Crippen molar-refractivity contribution < 1.29 is 4.74 Å². The van der Waals surface area contributed by atoms with Crippen LogP contribution in [0.5, 0.6) is 5.75 Å². The first kappa shape index (κ1) is 12.2. The number of hydrogen-bond donors (Lipinski definition) is 1. The Morgan fingerprint density at radius 3 is 2.79 bits per heavy atom. The highest BCUT2D eigenvalue weighted by Gasteiger charge is 2.14. The lowest BCUT2D eigenvalue weighted by Gasteiger charge is -2.18. The summed E-state index contributed by atoms with van der Waals surface area (Å²) in [5.74, 6) is 1.96. The SMILES string of the molecule is CC(C)Oc1ccc(-c2ncc3n2CCNC3)cc1. The molecule has 0 atom stereocenters. The minimum absolute atomic E-state index is 0.205. The molecule has 19 heavy (non-hydrogen) atoms. The van der Waals surface area contributed by atoms with Crippen molar-refractivity contribution >= 4 is 0 Å². The van der Waals surface area contributed by atoms with Crippen molar-refractivity contribution in [2.45, 2.75) is 33.0 Å². The maximum atomic E-state index is 5.66. The molecule has 0 fully saturated rings. The van der Waals surface area contributed by atoms with Crippen LogP contribution in [0.1, 0.15) is 19.5 Å². The highest BCUT2D eigenvalue weighted by Crippen LogP contribution is 2.24. The third kappa shape index (κ3) is 2.49. The van der Waals surface area contributed by atoms with Crippen molar-refractivity contribution in [3.63, 3.8) is 0 Å². The molecule has 0 bridgehead atoms. The van der Waals surface area contributed by atoms with Crippen molar-refractivity contribution in [3.05, 3.63) is 36.2 Å². The quantitative estimate of drug-likeness (QED) is 0.918. The summed E-state index contributed by atoms with van der Waals surface area (Å²) in [7, 11) is 0. The number of hydrogen-bond acceptors (Lipinski definition) is 3. The number of benzene rings is 1. The molecule has 0 unspecified atom stereocenters. The van der Waals surface area contributed by atoms with E-state index in [2.05, 4.69) is 27.0 Å². The Kier molecular flexibility index (Phi) is 3.25. The zero-order valence-electron chi connectivity index (χ0n) is 11.4. The smallest absolute Gasteiger partial charge is 0.140 e. The molecule has 4 nitrogen and oxygen atoms in total. The van der Waals surface area contributed by atoms with E-state index >= 15 is 0 Å². The Hall–Kier alpha value is -1.81. The minimum Gasteiger partial charge on any atom is -0.491 e. The van der Waals surface area contributed by atoms with E-state index in [9.17, 15) is 0 Å². The van der Waals surface area contributed by atoms with E-state index in [4.69, 9.17) is 4.74 Å². The normalized spacial score (nSPS) is 14.5. The molecule has 2 heterocycles. The van der Waals surface area contributed by atoms with Crippen LogP contribution in [0.15, 0.2) is 30.5 Å². The average Bonchev–Trinajstić information content (AvgIpc) is 2.83. The largest absolute Gasteiger partial charge is 0.491 e. The van der Waals surface area contributed by atoms with Crippen molar-refractivity contribution in [1.82, 2.24) is 14.9 Å². The number of aromatic nitrogens is 2. The zero-order chi connectivity index (χ0) is 13.2. The standard InChI is InChI=1S/C15H19N3O/c1-11(2)19-14-5-3-12(4-6-14)15-17-10-13-9-16-7-8-18(13)15/h3-6,10-11,16H,7-9H2,1-2H3. The lowest BCUT2D eigenvalue weighted by molar-refractivity contribution is 0.242. The second-order valence-corrected chi connectivity index (χ2v) is 5.09. The van der Waals surface area contributed by atoms with Crippen LogP contribution in [-0.2, 0) is 13.1 Å². The molecule has 3 rings (SSSR count). The maximum absolute atomic E-state index is 5.66. The third-order valence-corrected chi connectivity index (χ3v) is 3.24. The van der Waals surface area contributed by atoms with Crippen LogP contribution in [0.4, 0.5) is 0 Å². The van der Waals surface area contributed by atoms with Gasteiger partial charge in [0.25, 0.3) is 0 Å². The average molecular weight is 257 g/mol. The Balaban J connectivity index is 1.88. The molecule has 0 saturated heterocycles. The zero-order valence-corrected chi connectivity index (χ0v) is 11.4. The highest BCUT2D eigenvalue weighted by atomic mass is 16.5. The molecule has 4 heteroatoms. The van der Waals surface area contributed by atoms with Gasteiger partial charge in [-0.3, -0.25) is 0 Å². The number of ether oxygens (including phenoxy) is 1. The van der Waals surface area contributed by atoms with E-state index in [1.54, 1.807) is 0 Å². The molecule has 0 radical (unpaired) electrons. The van der Waals surface area contributed by atoms with Gasteiger partial charge in [-0.2, -0.15) is 0 Å². The summed E-state index contributed by atoms with van der Waals surface area (Å²) in [5.41, 5.74) is 2.40. The Labute approximate surface area is 113 Å². The summed E-state index contributed by atoms with van der Waals surface area (Å²) in [6, 6.07) is 8.18. The van der Waals surface area contributed by atoms with Gasteiger partial charge in [-0.25, -0.2) is 4.98 Å². The van der Waals surface area contributed by atoms with Crippen LogP contribution in [0, 0.1) is 0 Å². The predicted octanol–water partition coefficient (Wildman–Crippen LogP) is 2.44. The number of rotatable bonds is 3. The van der Waals surface area contributed by atoms with E-state index in [0.29, 0.717) is 0 Å². The van der Waals surface area contributed by atoms with Gasteiger partial charge in [-0.1, -0.05) is 0 Å². The van der Waals surface area contributed by atoms with E-state index < -0.39 is 0 Å². The first-order chi connectivity index (χ1) is 9.24. The first-order valence-corrected chi connectivity index (χ1v) is 6.76. The molecule has 1 aromatic heterocycles. The van der Waals surface area contributed by atoms with Crippen LogP contribution in [0.3, 0.4) is 0 Å². The van der Waals surface area contributed by atoms with Gasteiger partial charge in [-0.15, -0.1) is 0 Å². The Morgan fingerprint density at radius 2 is 2.05 bits per heavy atom. The molecule has 0 saturated carbocycles. The number of nitrogens with one attached hydrogen (secondary N) is 1. The van der Waals surface area contributed by atoms with Crippen molar-refractivity contribution in [2.75, 3.05) is 6.54 Å². The molecule has 100 valence electrons. The number of imidazole rings is 1. The molecule has 0 spiro atoms. The fourth-order valence-corrected chi connectivity index (χ4v) is 2.39. The van der Waals surface area contributed by atoms with Gasteiger partial charge in [0.2, 0.25) is 0 Å². The summed E-state index contributed by atoms with van der Waals surface area (Å²) in [5, 5.41) is 3.36. The number of fused-ring (bicyclic) bond motifs is 1. The molecular formula is C15H19N3O. The third-order valence-electron chi connectivity index (χ3n) is 3.24. The van der Waals surface area contributed by atoms with Crippen LogP contribution in [0.2, 0.25) is 0 Å². The number of nitrogens with zero attached hydrogens (tertiary/aromatic N) is 2. The summed E-state index contributed by atoms with van der Waals surface area (Å²) >= 11 is 0. The van der Waals surface area contributed by atoms with Crippen LogP contribution >= 0.6 is 0 Å². The van der Waals surface area contributed by atoms with Gasteiger partial charge >= 0.3 is 0 Å². The molecule has 1 aliphatic heterocycles. The molecule has 1 N–H and O–H groups in total. The Bertz CT molecular complexity index is 557. The van der Waals surface area contributed by atoms with Crippen LogP contribution in [-0.4, -0.2) is 22.2 Å². The monoisotopic (exact) mass is 257 g/mol. The van der Waals surface area contributed by atoms with Crippen LogP contribution in [0.25, 0.3) is 11.4 Å². The molecule has 0 amide bonds. The van der Waals surface area contributed by atoms with Gasteiger partial charge in [0.15, 0.2) is 0 Å². The second kappa shape index (κ2) is 5.05. The maximum Gasteiger partial charge on any atom is 0.140 e. The second-order valence-electron chi connectivity index (χ2n) is 5.09. The summed E-state index contributed by atoms with van der Waals surface area (Å²) in [6.45, 7) is 6.96. The van der Waals surface area contributed by atoms with Gasteiger partial charge in [0.05, 0.1) is 18.0 Å². The van der Waals surface area contributed by atoms with Crippen molar-refractivity contribution in [3.8, 4) is 17.1 Å². The van der Waals surface area contributed by atoms with Gasteiger partial charge in [0.1, 0.15) is 11.6 Å². The van der Waals surface area contributed by atoms with Gasteiger partial charge < -0.3 is 14.6 Å². The summed E-state index contributed by atoms with van der Waals surface area (Å²) in [4.78, 5) is 4.54. The molecule has 1 aliphatic rings. The molecule has 0 aliphatic carbocycles. The lowest BCUT2D eigenvalue weighted by atomic mass is 10.2. The summed E-state index contributed by atoms with van der Waals surface area (Å²) in [6.07, 6.45) is 2.16. The first-order valence-electron chi connectivity index (χ1n) is 6.76. The van der Waals surface area contributed by atoms with E-state index in [-0.39, 0.29) is 6.10 Å². The lowest BCUT2D eigenvalue weighted by Crippen LogP contribution is -2.27.